The third-order valence-corrected chi connectivity index (χ3v) is 2.99. The van der Waals surface area contributed by atoms with Crippen LogP contribution in [0.4, 0.5) is 5.69 Å². The minimum Gasteiger partial charge on any atom is -0.473 e. The van der Waals surface area contributed by atoms with Gasteiger partial charge in [0.1, 0.15) is 11.8 Å². The van der Waals surface area contributed by atoms with Crippen LogP contribution in [0.5, 0.6) is 5.88 Å². The van der Waals surface area contributed by atoms with Crippen molar-refractivity contribution in [2.75, 3.05) is 0 Å². The van der Waals surface area contributed by atoms with Crippen molar-refractivity contribution in [1.82, 2.24) is 4.98 Å². The van der Waals surface area contributed by atoms with Crippen molar-refractivity contribution >= 4 is 33.2 Å². The number of hydrogen-bond acceptors (Lipinski definition) is 4. The molecular formula is C12H8BrClN2O3. The van der Waals surface area contributed by atoms with Crippen molar-refractivity contribution in [2.24, 2.45) is 0 Å². The van der Waals surface area contributed by atoms with E-state index in [9.17, 15) is 10.1 Å². The van der Waals surface area contributed by atoms with Gasteiger partial charge in [-0.25, -0.2) is 4.98 Å². The Balaban J connectivity index is 2.11. The maximum atomic E-state index is 10.7. The van der Waals surface area contributed by atoms with Gasteiger partial charge in [-0.3, -0.25) is 10.1 Å². The first-order valence-electron chi connectivity index (χ1n) is 5.24. The highest BCUT2D eigenvalue weighted by atomic mass is 79.9. The summed E-state index contributed by atoms with van der Waals surface area (Å²) in [5.74, 6) is 0.127. The van der Waals surface area contributed by atoms with Gasteiger partial charge in [-0.15, -0.1) is 0 Å². The number of benzene rings is 1. The molecule has 1 aromatic heterocycles. The second kappa shape index (κ2) is 5.99. The van der Waals surface area contributed by atoms with Crippen molar-refractivity contribution in [2.45, 2.75) is 6.61 Å². The number of halogens is 2. The van der Waals surface area contributed by atoms with Gasteiger partial charge in [-0.2, -0.15) is 0 Å². The molecule has 1 aromatic carbocycles. The summed E-state index contributed by atoms with van der Waals surface area (Å²) in [5, 5.41) is 10.7. The van der Waals surface area contributed by atoms with Gasteiger partial charge in [0.2, 0.25) is 5.88 Å². The Morgan fingerprint density at radius 2 is 2.00 bits per heavy atom. The van der Waals surface area contributed by atoms with Crippen molar-refractivity contribution in [1.29, 1.82) is 0 Å². The van der Waals surface area contributed by atoms with Gasteiger partial charge in [0.15, 0.2) is 0 Å². The van der Waals surface area contributed by atoms with Crippen LogP contribution in [0.2, 0.25) is 5.15 Å². The molecule has 7 heteroatoms. The monoisotopic (exact) mass is 342 g/mol. The number of nitro groups is 1. The van der Waals surface area contributed by atoms with Gasteiger partial charge in [0, 0.05) is 4.47 Å². The number of hydrogen-bond donors (Lipinski definition) is 0. The molecule has 2 rings (SSSR count). The van der Waals surface area contributed by atoms with E-state index in [0.29, 0.717) is 0 Å². The molecule has 0 spiro atoms. The predicted molar refractivity (Wildman–Crippen MR) is 74.4 cm³/mol. The fourth-order valence-electron chi connectivity index (χ4n) is 1.38. The summed E-state index contributed by atoms with van der Waals surface area (Å²) >= 11 is 9.03. The van der Waals surface area contributed by atoms with E-state index in [0.717, 1.165) is 10.0 Å². The third kappa shape index (κ3) is 3.90. The van der Waals surface area contributed by atoms with E-state index in [2.05, 4.69) is 20.9 Å². The SMILES string of the molecule is O=[N+]([O-])c1cc(Cl)nc(OCc2ccc(Br)cc2)c1. The molecule has 19 heavy (non-hydrogen) atoms. The van der Waals surface area contributed by atoms with Crippen molar-refractivity contribution in [3.63, 3.8) is 0 Å². The Morgan fingerprint density at radius 3 is 2.63 bits per heavy atom. The molecule has 2 aromatic rings. The lowest BCUT2D eigenvalue weighted by molar-refractivity contribution is -0.385. The van der Waals surface area contributed by atoms with Gasteiger partial charge >= 0.3 is 0 Å². The number of ether oxygens (including phenoxy) is 1. The summed E-state index contributed by atoms with van der Waals surface area (Å²) in [6.07, 6.45) is 0. The molecule has 0 unspecified atom stereocenters. The highest BCUT2D eigenvalue weighted by molar-refractivity contribution is 9.10. The van der Waals surface area contributed by atoms with Crippen LogP contribution < -0.4 is 4.74 Å². The van der Waals surface area contributed by atoms with Crippen LogP contribution in [-0.2, 0) is 6.61 Å². The number of aromatic nitrogens is 1. The van der Waals surface area contributed by atoms with E-state index >= 15 is 0 Å². The van der Waals surface area contributed by atoms with Crippen molar-refractivity contribution in [3.05, 3.63) is 61.7 Å². The first-order valence-corrected chi connectivity index (χ1v) is 6.41. The molecule has 98 valence electrons. The van der Waals surface area contributed by atoms with Crippen LogP contribution in [0, 0.1) is 10.1 Å². The summed E-state index contributed by atoms with van der Waals surface area (Å²) in [7, 11) is 0. The Kier molecular flexibility index (Phi) is 4.34. The lowest BCUT2D eigenvalue weighted by atomic mass is 10.2. The average Bonchev–Trinajstić information content (AvgIpc) is 2.37. The lowest BCUT2D eigenvalue weighted by Gasteiger charge is -2.05. The molecule has 0 radical (unpaired) electrons. The zero-order chi connectivity index (χ0) is 13.8. The second-order valence-electron chi connectivity index (χ2n) is 3.66. The third-order valence-electron chi connectivity index (χ3n) is 2.27. The van der Waals surface area contributed by atoms with E-state index in [1.807, 2.05) is 24.3 Å². The quantitative estimate of drug-likeness (QED) is 0.478. The summed E-state index contributed by atoms with van der Waals surface area (Å²) in [6, 6.07) is 9.93. The first kappa shape index (κ1) is 13.8. The number of rotatable bonds is 4. The van der Waals surface area contributed by atoms with Crippen LogP contribution in [0.1, 0.15) is 5.56 Å². The molecule has 0 atom stereocenters. The summed E-state index contributed by atoms with van der Waals surface area (Å²) in [6.45, 7) is 0.262. The molecule has 0 N–H and O–H groups in total. The molecule has 0 aliphatic rings. The number of nitrogens with zero attached hydrogens (tertiary/aromatic N) is 2. The van der Waals surface area contributed by atoms with Gasteiger partial charge in [-0.1, -0.05) is 39.7 Å². The minimum atomic E-state index is -0.542. The molecule has 0 aliphatic heterocycles. The van der Waals surface area contributed by atoms with Gasteiger partial charge in [0.05, 0.1) is 17.1 Å². The maximum Gasteiger partial charge on any atom is 0.277 e. The van der Waals surface area contributed by atoms with Gasteiger partial charge in [-0.05, 0) is 17.7 Å². The van der Waals surface area contributed by atoms with E-state index < -0.39 is 4.92 Å². The van der Waals surface area contributed by atoms with Crippen molar-refractivity contribution < 1.29 is 9.66 Å². The topological polar surface area (TPSA) is 65.3 Å². The second-order valence-corrected chi connectivity index (χ2v) is 4.96. The number of pyridine rings is 1. The zero-order valence-corrected chi connectivity index (χ0v) is 11.9. The molecular weight excluding hydrogens is 336 g/mol. The van der Waals surface area contributed by atoms with E-state index in [1.165, 1.54) is 12.1 Å². The van der Waals surface area contributed by atoms with E-state index in [1.54, 1.807) is 0 Å². The molecule has 0 bridgehead atoms. The summed E-state index contributed by atoms with van der Waals surface area (Å²) in [5.41, 5.74) is 0.776. The van der Waals surface area contributed by atoms with Crippen LogP contribution in [0.15, 0.2) is 40.9 Å². The minimum absolute atomic E-state index is 0.0278. The predicted octanol–water partition coefficient (Wildman–Crippen LogP) is 3.98. The average molecular weight is 344 g/mol. The lowest BCUT2D eigenvalue weighted by Crippen LogP contribution is -1.98. The fourth-order valence-corrected chi connectivity index (χ4v) is 1.84. The van der Waals surface area contributed by atoms with Crippen LogP contribution >= 0.6 is 27.5 Å². The normalized spacial score (nSPS) is 10.2. The molecule has 0 aliphatic carbocycles. The summed E-state index contributed by atoms with van der Waals surface area (Å²) in [4.78, 5) is 14.0. The largest absolute Gasteiger partial charge is 0.473 e. The van der Waals surface area contributed by atoms with Crippen LogP contribution in [-0.4, -0.2) is 9.91 Å². The smallest absolute Gasteiger partial charge is 0.277 e. The highest BCUT2D eigenvalue weighted by Crippen LogP contribution is 2.22. The Morgan fingerprint density at radius 1 is 1.32 bits per heavy atom. The Hall–Kier alpha value is -1.66. The Labute approximate surface area is 122 Å². The Bertz CT molecular complexity index is 604. The van der Waals surface area contributed by atoms with Crippen LogP contribution in [0.3, 0.4) is 0 Å². The zero-order valence-electron chi connectivity index (χ0n) is 9.55. The molecule has 5 nitrogen and oxygen atoms in total. The molecule has 0 fully saturated rings. The first-order chi connectivity index (χ1) is 9.04. The van der Waals surface area contributed by atoms with E-state index in [-0.39, 0.29) is 23.3 Å². The van der Waals surface area contributed by atoms with Gasteiger partial charge < -0.3 is 4.74 Å². The van der Waals surface area contributed by atoms with E-state index in [4.69, 9.17) is 16.3 Å². The van der Waals surface area contributed by atoms with Crippen LogP contribution in [0.25, 0.3) is 0 Å². The fraction of sp³-hybridized carbons (Fsp3) is 0.0833. The molecule has 0 amide bonds. The summed E-state index contributed by atoms with van der Waals surface area (Å²) < 4.78 is 6.35. The van der Waals surface area contributed by atoms with Gasteiger partial charge in [0.25, 0.3) is 5.69 Å². The highest BCUT2D eigenvalue weighted by Gasteiger charge is 2.11. The maximum absolute atomic E-state index is 10.7. The van der Waals surface area contributed by atoms with Crippen molar-refractivity contribution in [3.8, 4) is 5.88 Å². The standard InChI is InChI=1S/C12H8BrClN2O3/c13-9-3-1-8(2-4-9)7-19-12-6-10(16(17)18)5-11(14)15-12/h1-6H,7H2. The molecule has 0 saturated carbocycles. The molecule has 1 heterocycles. The molecule has 0 saturated heterocycles.